The molecule has 7 heteroatoms. The summed E-state index contributed by atoms with van der Waals surface area (Å²) < 4.78 is 1.07. The van der Waals surface area contributed by atoms with Crippen molar-refractivity contribution in [1.29, 1.82) is 0 Å². The minimum absolute atomic E-state index is 0.222. The molecule has 2 heterocycles. The van der Waals surface area contributed by atoms with Crippen LogP contribution in [0, 0.1) is 6.92 Å². The van der Waals surface area contributed by atoms with Crippen LogP contribution in [0.25, 0.3) is 0 Å². The fraction of sp³-hybridized carbons (Fsp3) is 0.286. The molecule has 3 N–H and O–H groups in total. The van der Waals surface area contributed by atoms with Crippen LogP contribution in [0.15, 0.2) is 15.8 Å². The molecule has 0 atom stereocenters. The van der Waals surface area contributed by atoms with Gasteiger partial charge in [0.2, 0.25) is 0 Å². The Morgan fingerprint density at radius 1 is 1.36 bits per heavy atom. The Bertz CT molecular complexity index is 515. The van der Waals surface area contributed by atoms with E-state index < -0.39 is 11.4 Å². The molecule has 0 radical (unpaired) electrons. The van der Waals surface area contributed by atoms with Crippen LogP contribution in [0.4, 0.5) is 0 Å². The van der Waals surface area contributed by atoms with Gasteiger partial charge in [-0.3, -0.25) is 5.10 Å². The van der Waals surface area contributed by atoms with E-state index in [1.54, 1.807) is 6.20 Å². The molecule has 74 valence electrons. The number of hydrogen-bond donors (Lipinski definition) is 3. The van der Waals surface area contributed by atoms with E-state index >= 15 is 0 Å². The third-order valence-corrected chi connectivity index (χ3v) is 2.03. The topological polar surface area (TPSA) is 99.3 Å². The lowest BCUT2D eigenvalue weighted by molar-refractivity contribution is 0.730. The summed E-state index contributed by atoms with van der Waals surface area (Å²) in [6.07, 6.45) is 1.59. The Morgan fingerprint density at radius 2 is 2.00 bits per heavy atom. The highest BCUT2D eigenvalue weighted by molar-refractivity contribution is 5.14. The van der Waals surface area contributed by atoms with Gasteiger partial charge in [0.15, 0.2) is 0 Å². The molecule has 0 bridgehead atoms. The first-order valence-electron chi connectivity index (χ1n) is 4.05. The van der Waals surface area contributed by atoms with Gasteiger partial charge >= 0.3 is 11.4 Å². The first-order valence-corrected chi connectivity index (χ1v) is 4.05. The zero-order chi connectivity index (χ0) is 10.1. The second-order valence-corrected chi connectivity index (χ2v) is 2.97. The maximum atomic E-state index is 11.1. The number of nitrogens with zero attached hydrogens (tertiary/aromatic N) is 2. The van der Waals surface area contributed by atoms with Gasteiger partial charge in [0.05, 0.1) is 12.7 Å². The van der Waals surface area contributed by atoms with Crippen molar-refractivity contribution >= 4 is 0 Å². The molecule has 2 rings (SSSR count). The molecular formula is C7H9N5O2. The van der Waals surface area contributed by atoms with Gasteiger partial charge in [-0.15, -0.1) is 0 Å². The zero-order valence-electron chi connectivity index (χ0n) is 7.50. The molecule has 0 unspecified atom stereocenters. The van der Waals surface area contributed by atoms with Crippen molar-refractivity contribution in [3.63, 3.8) is 0 Å². The second-order valence-electron chi connectivity index (χ2n) is 2.97. The number of rotatable bonds is 2. The van der Waals surface area contributed by atoms with E-state index in [2.05, 4.69) is 20.4 Å². The Labute approximate surface area is 77.8 Å². The Kier molecular flexibility index (Phi) is 1.84. The third kappa shape index (κ3) is 1.28. The predicted octanol–water partition coefficient (Wildman–Crippen LogP) is -1.06. The van der Waals surface area contributed by atoms with E-state index in [0.29, 0.717) is 0 Å². The monoisotopic (exact) mass is 195 g/mol. The number of aromatic amines is 3. The van der Waals surface area contributed by atoms with Crippen molar-refractivity contribution in [1.82, 2.24) is 25.0 Å². The summed E-state index contributed by atoms with van der Waals surface area (Å²) in [5.41, 5.74) is 0.765. The van der Waals surface area contributed by atoms with Crippen molar-refractivity contribution in [2.75, 3.05) is 0 Å². The summed E-state index contributed by atoms with van der Waals surface area (Å²) in [5.74, 6) is 0. The summed E-state index contributed by atoms with van der Waals surface area (Å²) in [7, 11) is 0. The van der Waals surface area contributed by atoms with Crippen molar-refractivity contribution in [3.05, 3.63) is 38.4 Å². The van der Waals surface area contributed by atoms with Crippen LogP contribution in [0.2, 0.25) is 0 Å². The van der Waals surface area contributed by atoms with Crippen LogP contribution in [0.5, 0.6) is 0 Å². The average molecular weight is 195 g/mol. The zero-order valence-corrected chi connectivity index (χ0v) is 7.50. The fourth-order valence-electron chi connectivity index (χ4n) is 1.18. The molecule has 0 aromatic carbocycles. The fourth-order valence-corrected chi connectivity index (χ4v) is 1.18. The van der Waals surface area contributed by atoms with E-state index in [9.17, 15) is 9.59 Å². The van der Waals surface area contributed by atoms with Gasteiger partial charge in [0.25, 0.3) is 0 Å². The average Bonchev–Trinajstić information content (AvgIpc) is 2.67. The van der Waals surface area contributed by atoms with Crippen LogP contribution in [0.1, 0.15) is 11.3 Å². The van der Waals surface area contributed by atoms with Crippen molar-refractivity contribution in [2.45, 2.75) is 13.5 Å². The molecule has 0 aliphatic rings. The van der Waals surface area contributed by atoms with Crippen LogP contribution in [-0.4, -0.2) is 25.0 Å². The van der Waals surface area contributed by atoms with Gasteiger partial charge in [-0.2, -0.15) is 5.10 Å². The summed E-state index contributed by atoms with van der Waals surface area (Å²) in [6, 6.07) is 0. The second kappa shape index (κ2) is 3.02. The molecule has 2 aromatic rings. The van der Waals surface area contributed by atoms with Crippen LogP contribution in [-0.2, 0) is 6.54 Å². The van der Waals surface area contributed by atoms with Gasteiger partial charge in [-0.25, -0.2) is 24.4 Å². The largest absolute Gasteiger partial charge is 0.344 e. The van der Waals surface area contributed by atoms with Crippen molar-refractivity contribution in [2.24, 2.45) is 0 Å². The molecule has 0 spiro atoms. The summed E-state index contributed by atoms with van der Waals surface area (Å²) in [6.45, 7) is 2.05. The molecule has 0 fully saturated rings. The SMILES string of the molecule is Cc1[nH]ncc1Cn1c(=O)[nH][nH]c1=O. The first kappa shape index (κ1) is 8.54. The number of aryl methyl sites for hydroxylation is 1. The smallest absolute Gasteiger partial charge is 0.283 e. The van der Waals surface area contributed by atoms with E-state index in [4.69, 9.17) is 0 Å². The number of H-pyrrole nitrogens is 3. The quantitative estimate of drug-likeness (QED) is 0.569. The van der Waals surface area contributed by atoms with Crippen molar-refractivity contribution in [3.8, 4) is 0 Å². The molecule has 7 nitrogen and oxygen atoms in total. The van der Waals surface area contributed by atoms with Crippen LogP contribution < -0.4 is 11.4 Å². The third-order valence-electron chi connectivity index (χ3n) is 2.03. The maximum Gasteiger partial charge on any atom is 0.344 e. The minimum Gasteiger partial charge on any atom is -0.283 e. The lowest BCUT2D eigenvalue weighted by atomic mass is 10.3. The molecule has 14 heavy (non-hydrogen) atoms. The standard InChI is InChI=1S/C7H9N5O2/c1-4-5(2-8-9-4)3-12-6(13)10-11-7(12)14/h2H,3H2,1H3,(H,8,9)(H,10,13)(H,11,14). The van der Waals surface area contributed by atoms with Gasteiger partial charge < -0.3 is 0 Å². The molecule has 0 saturated heterocycles. The summed E-state index contributed by atoms with van der Waals surface area (Å²) in [5, 5.41) is 10.9. The molecular weight excluding hydrogens is 186 g/mol. The molecule has 0 saturated carbocycles. The molecule has 0 aliphatic heterocycles. The normalized spacial score (nSPS) is 10.6. The van der Waals surface area contributed by atoms with E-state index in [1.165, 1.54) is 0 Å². The maximum absolute atomic E-state index is 11.1. The van der Waals surface area contributed by atoms with Gasteiger partial charge in [0, 0.05) is 11.3 Å². The number of aromatic nitrogens is 5. The number of nitrogens with one attached hydrogen (secondary N) is 3. The molecule has 2 aromatic heterocycles. The van der Waals surface area contributed by atoms with E-state index in [0.717, 1.165) is 15.8 Å². The van der Waals surface area contributed by atoms with Gasteiger partial charge in [0.1, 0.15) is 0 Å². The van der Waals surface area contributed by atoms with Crippen LogP contribution in [0.3, 0.4) is 0 Å². The molecule has 0 amide bonds. The van der Waals surface area contributed by atoms with Gasteiger partial charge in [-0.1, -0.05) is 0 Å². The van der Waals surface area contributed by atoms with Gasteiger partial charge in [-0.05, 0) is 6.92 Å². The Hall–Kier alpha value is -2.05. The Balaban J connectivity index is 2.41. The lowest BCUT2D eigenvalue weighted by Crippen LogP contribution is -2.27. The first-order chi connectivity index (χ1) is 6.68. The van der Waals surface area contributed by atoms with Crippen molar-refractivity contribution < 1.29 is 0 Å². The van der Waals surface area contributed by atoms with Crippen LogP contribution >= 0.6 is 0 Å². The lowest BCUT2D eigenvalue weighted by Gasteiger charge is -1.96. The minimum atomic E-state index is -0.449. The number of hydrogen-bond acceptors (Lipinski definition) is 3. The van der Waals surface area contributed by atoms with E-state index in [-0.39, 0.29) is 6.54 Å². The highest BCUT2D eigenvalue weighted by Crippen LogP contribution is 2.01. The predicted molar refractivity (Wildman–Crippen MR) is 48.1 cm³/mol. The summed E-state index contributed by atoms with van der Waals surface area (Å²) in [4.78, 5) is 22.2. The highest BCUT2D eigenvalue weighted by atomic mass is 16.2. The molecule has 0 aliphatic carbocycles. The van der Waals surface area contributed by atoms with E-state index in [1.807, 2.05) is 6.92 Å². The highest BCUT2D eigenvalue weighted by Gasteiger charge is 2.06. The summed E-state index contributed by atoms with van der Waals surface area (Å²) >= 11 is 0. The Morgan fingerprint density at radius 3 is 2.50 bits per heavy atom.